The highest BCUT2D eigenvalue weighted by Gasteiger charge is 2.48. The second-order valence-electron chi connectivity index (χ2n) is 3.24. The summed E-state index contributed by atoms with van der Waals surface area (Å²) in [5.74, 6) is 0. The lowest BCUT2D eigenvalue weighted by Gasteiger charge is -2.19. The molecule has 0 spiro atoms. The summed E-state index contributed by atoms with van der Waals surface area (Å²) in [7, 11) is -15.9. The van der Waals surface area contributed by atoms with E-state index in [-0.39, 0.29) is 6.42 Å². The normalized spacial score (nSPS) is 16.1. The van der Waals surface area contributed by atoms with Crippen LogP contribution in [0.5, 0.6) is 0 Å². The summed E-state index contributed by atoms with van der Waals surface area (Å²) in [4.78, 5) is 0. The standard InChI is InChI=1S/C5H12O9S3/c1-2-3-4(15(6,7)8)5(16(9,10)11)17(12,13)14/h4-5H,2-3H2,1H3,(H,6,7,8)(H,9,10,11)(H,12,13,14). The summed E-state index contributed by atoms with van der Waals surface area (Å²) < 4.78 is 87.8. The highest BCUT2D eigenvalue weighted by molar-refractivity contribution is 8.05. The van der Waals surface area contributed by atoms with Gasteiger partial charge in [0.1, 0.15) is 5.25 Å². The van der Waals surface area contributed by atoms with Crippen molar-refractivity contribution in [1.82, 2.24) is 0 Å². The lowest BCUT2D eigenvalue weighted by Crippen LogP contribution is -2.44. The maximum Gasteiger partial charge on any atom is 0.286 e. The van der Waals surface area contributed by atoms with Gasteiger partial charge in [-0.05, 0) is 6.42 Å². The van der Waals surface area contributed by atoms with Crippen LogP contribution < -0.4 is 0 Å². The molecular formula is C5H12O9S3. The Kier molecular flexibility index (Phi) is 5.07. The Hall–Kier alpha value is -0.270. The first kappa shape index (κ1) is 16.7. The summed E-state index contributed by atoms with van der Waals surface area (Å²) in [5.41, 5.74) is 0. The molecule has 104 valence electrons. The molecule has 0 fully saturated rings. The van der Waals surface area contributed by atoms with E-state index >= 15 is 0 Å². The van der Waals surface area contributed by atoms with E-state index in [0.717, 1.165) is 0 Å². The van der Waals surface area contributed by atoms with Gasteiger partial charge in [-0.15, -0.1) is 0 Å². The highest BCUT2D eigenvalue weighted by Crippen LogP contribution is 2.21. The van der Waals surface area contributed by atoms with E-state index in [9.17, 15) is 25.3 Å². The first-order valence-corrected chi connectivity index (χ1v) is 8.71. The maximum absolute atomic E-state index is 10.9. The summed E-state index contributed by atoms with van der Waals surface area (Å²) in [6, 6.07) is 0. The van der Waals surface area contributed by atoms with Crippen LogP contribution in [-0.2, 0) is 30.4 Å². The molecule has 0 radical (unpaired) electrons. The monoisotopic (exact) mass is 312 g/mol. The van der Waals surface area contributed by atoms with E-state index in [2.05, 4.69) is 0 Å². The van der Waals surface area contributed by atoms with E-state index < -0.39 is 46.6 Å². The molecule has 0 aliphatic heterocycles. The topological polar surface area (TPSA) is 163 Å². The van der Waals surface area contributed by atoms with Crippen LogP contribution in [0.3, 0.4) is 0 Å². The smallest absolute Gasteiger partial charge is 0.285 e. The first-order chi connectivity index (χ1) is 7.31. The Morgan fingerprint density at radius 2 is 1.18 bits per heavy atom. The van der Waals surface area contributed by atoms with Gasteiger partial charge in [0.15, 0.2) is 0 Å². The van der Waals surface area contributed by atoms with Crippen molar-refractivity contribution in [3.05, 3.63) is 0 Å². The molecule has 0 aromatic heterocycles. The molecule has 0 aromatic carbocycles. The largest absolute Gasteiger partial charge is 0.286 e. The molecule has 0 amide bonds. The number of hydrogen-bond acceptors (Lipinski definition) is 6. The van der Waals surface area contributed by atoms with Gasteiger partial charge in [0.05, 0.1) is 0 Å². The van der Waals surface area contributed by atoms with Crippen LogP contribution in [0.1, 0.15) is 19.8 Å². The second-order valence-corrected chi connectivity index (χ2v) is 8.25. The molecule has 1 unspecified atom stereocenters. The summed E-state index contributed by atoms with van der Waals surface area (Å²) >= 11 is 0. The molecule has 3 N–H and O–H groups in total. The Balaban J connectivity index is 5.93. The fraction of sp³-hybridized carbons (Fsp3) is 1.00. The predicted octanol–water partition coefficient (Wildman–Crippen LogP) is -0.855. The van der Waals surface area contributed by atoms with Crippen molar-refractivity contribution >= 4 is 30.4 Å². The molecule has 0 aliphatic carbocycles. The van der Waals surface area contributed by atoms with Gasteiger partial charge in [-0.25, -0.2) is 0 Å². The highest BCUT2D eigenvalue weighted by atomic mass is 32.3. The third-order valence-electron chi connectivity index (χ3n) is 1.85. The summed E-state index contributed by atoms with van der Waals surface area (Å²) in [6.45, 7) is 1.39. The van der Waals surface area contributed by atoms with Gasteiger partial charge in [0.2, 0.25) is 4.58 Å². The van der Waals surface area contributed by atoms with Gasteiger partial charge in [0, 0.05) is 0 Å². The molecular weight excluding hydrogens is 300 g/mol. The van der Waals surface area contributed by atoms with E-state index in [0.29, 0.717) is 0 Å². The van der Waals surface area contributed by atoms with Crippen LogP contribution in [0.4, 0.5) is 0 Å². The van der Waals surface area contributed by atoms with Gasteiger partial charge in [-0.2, -0.15) is 25.3 Å². The van der Waals surface area contributed by atoms with E-state index in [1.807, 2.05) is 0 Å². The molecule has 0 aliphatic rings. The van der Waals surface area contributed by atoms with Crippen LogP contribution in [0.25, 0.3) is 0 Å². The van der Waals surface area contributed by atoms with Crippen molar-refractivity contribution in [2.45, 2.75) is 29.6 Å². The lowest BCUT2D eigenvalue weighted by atomic mass is 10.3. The van der Waals surface area contributed by atoms with Crippen molar-refractivity contribution in [2.75, 3.05) is 0 Å². The average Bonchev–Trinajstić information content (AvgIpc) is 1.96. The van der Waals surface area contributed by atoms with Gasteiger partial charge < -0.3 is 0 Å². The third kappa shape index (κ3) is 4.85. The quantitative estimate of drug-likeness (QED) is 0.529. The molecule has 0 saturated heterocycles. The Morgan fingerprint density at radius 3 is 1.35 bits per heavy atom. The molecule has 12 heteroatoms. The fourth-order valence-electron chi connectivity index (χ4n) is 1.25. The minimum absolute atomic E-state index is 0.00595. The van der Waals surface area contributed by atoms with Crippen LogP contribution >= 0.6 is 0 Å². The van der Waals surface area contributed by atoms with Crippen molar-refractivity contribution in [3.63, 3.8) is 0 Å². The van der Waals surface area contributed by atoms with E-state index in [1.54, 1.807) is 0 Å². The van der Waals surface area contributed by atoms with Crippen LogP contribution in [0.2, 0.25) is 0 Å². The Morgan fingerprint density at radius 1 is 0.824 bits per heavy atom. The molecule has 0 rings (SSSR count). The van der Waals surface area contributed by atoms with E-state index in [4.69, 9.17) is 13.7 Å². The molecule has 0 aromatic rings. The molecule has 0 bridgehead atoms. The third-order valence-corrected chi connectivity index (χ3v) is 6.75. The summed E-state index contributed by atoms with van der Waals surface area (Å²) in [5, 5.41) is -2.35. The SMILES string of the molecule is CCCC(C(S(=O)(=O)O)S(=O)(=O)O)S(=O)(=O)O. The molecule has 0 saturated carbocycles. The van der Waals surface area contributed by atoms with Crippen LogP contribution in [0.15, 0.2) is 0 Å². The zero-order chi connectivity index (χ0) is 14.1. The molecule has 0 heterocycles. The maximum atomic E-state index is 10.9. The van der Waals surface area contributed by atoms with Gasteiger partial charge in [-0.1, -0.05) is 13.3 Å². The van der Waals surface area contributed by atoms with Crippen LogP contribution in [-0.4, -0.2) is 48.7 Å². The second kappa shape index (κ2) is 5.16. The van der Waals surface area contributed by atoms with Gasteiger partial charge in [-0.3, -0.25) is 13.7 Å². The Bertz CT molecular complexity index is 522. The molecule has 9 nitrogen and oxygen atoms in total. The fourth-order valence-corrected chi connectivity index (χ4v) is 6.02. The van der Waals surface area contributed by atoms with Crippen molar-refractivity contribution in [2.24, 2.45) is 0 Å². The number of hydrogen-bond donors (Lipinski definition) is 3. The molecule has 17 heavy (non-hydrogen) atoms. The van der Waals surface area contributed by atoms with E-state index in [1.165, 1.54) is 6.92 Å². The van der Waals surface area contributed by atoms with Crippen molar-refractivity contribution < 1.29 is 38.9 Å². The summed E-state index contributed by atoms with van der Waals surface area (Å²) in [6.07, 6.45) is -0.560. The first-order valence-electron chi connectivity index (χ1n) is 4.20. The van der Waals surface area contributed by atoms with Crippen molar-refractivity contribution in [1.29, 1.82) is 0 Å². The van der Waals surface area contributed by atoms with Crippen molar-refractivity contribution in [3.8, 4) is 0 Å². The minimum atomic E-state index is -5.40. The zero-order valence-corrected chi connectivity index (χ0v) is 11.0. The minimum Gasteiger partial charge on any atom is -0.285 e. The lowest BCUT2D eigenvalue weighted by molar-refractivity contribution is 0.428. The van der Waals surface area contributed by atoms with Gasteiger partial charge in [0.25, 0.3) is 30.4 Å². The number of rotatable bonds is 6. The average molecular weight is 312 g/mol. The van der Waals surface area contributed by atoms with Gasteiger partial charge >= 0.3 is 0 Å². The predicted molar refractivity (Wildman–Crippen MR) is 57.1 cm³/mol. The zero-order valence-electron chi connectivity index (χ0n) is 8.58. The molecule has 1 atom stereocenters. The van der Waals surface area contributed by atoms with Crippen LogP contribution in [0, 0.1) is 0 Å². The Labute approximate surface area is 99.1 Å².